The van der Waals surface area contributed by atoms with Gasteiger partial charge < -0.3 is 5.11 Å². The van der Waals surface area contributed by atoms with Gasteiger partial charge in [-0.2, -0.15) is 5.01 Å². The second kappa shape index (κ2) is 8.26. The van der Waals surface area contributed by atoms with Gasteiger partial charge >= 0.3 is 6.09 Å². The summed E-state index contributed by atoms with van der Waals surface area (Å²) in [5, 5.41) is 10.9. The van der Waals surface area contributed by atoms with Crippen LogP contribution in [0.4, 0.5) is 10.5 Å². The van der Waals surface area contributed by atoms with Gasteiger partial charge in [0.2, 0.25) is 0 Å². The summed E-state index contributed by atoms with van der Waals surface area (Å²) in [6.07, 6.45) is 1.83. The topological polar surface area (TPSA) is 70.1 Å². The molecule has 2 amide bonds. The molecule has 0 saturated carbocycles. The van der Waals surface area contributed by atoms with Crippen molar-refractivity contribution in [3.63, 3.8) is 0 Å². The molecule has 0 aromatic heterocycles. The van der Waals surface area contributed by atoms with Crippen LogP contribution in [0, 0.1) is 13.8 Å². The highest BCUT2D eigenvalue weighted by Gasteiger charge is 2.23. The first-order chi connectivity index (χ1) is 9.99. The van der Waals surface area contributed by atoms with Crippen LogP contribution in [0.25, 0.3) is 0 Å². The van der Waals surface area contributed by atoms with Gasteiger partial charge in [0.1, 0.15) is 0 Å². The van der Waals surface area contributed by atoms with E-state index in [9.17, 15) is 14.7 Å². The van der Waals surface area contributed by atoms with Gasteiger partial charge in [-0.3, -0.25) is 9.63 Å². The van der Waals surface area contributed by atoms with Crippen molar-refractivity contribution in [2.75, 3.05) is 11.6 Å². The second-order valence-corrected chi connectivity index (χ2v) is 4.89. The number of anilines is 1. The normalized spacial score (nSPS) is 10.2. The molecule has 0 bridgehead atoms. The molecule has 0 fully saturated rings. The minimum atomic E-state index is -1.28. The lowest BCUT2D eigenvalue weighted by Gasteiger charge is -2.28. The Morgan fingerprint density at radius 3 is 2.33 bits per heavy atom. The molecule has 0 saturated heterocycles. The summed E-state index contributed by atoms with van der Waals surface area (Å²) < 4.78 is 0. The molecule has 1 N–H and O–H groups in total. The minimum absolute atomic E-state index is 0.293. The molecule has 0 aliphatic heterocycles. The van der Waals surface area contributed by atoms with Crippen LogP contribution < -0.4 is 5.01 Å². The number of rotatable bonds is 8. The fourth-order valence-electron chi connectivity index (χ4n) is 2.03. The van der Waals surface area contributed by atoms with Crippen molar-refractivity contribution in [1.29, 1.82) is 0 Å². The Balaban J connectivity index is 2.92. The lowest BCUT2D eigenvalue weighted by molar-refractivity contribution is -0.174. The first-order valence-corrected chi connectivity index (χ1v) is 6.98. The van der Waals surface area contributed by atoms with Crippen LogP contribution >= 0.6 is 0 Å². The maximum Gasteiger partial charge on any atom is 0.433 e. The van der Waals surface area contributed by atoms with Gasteiger partial charge in [-0.25, -0.2) is 4.79 Å². The number of hydrazine groups is 1. The largest absolute Gasteiger partial charge is 0.463 e. The van der Waals surface area contributed by atoms with Crippen molar-refractivity contribution in [1.82, 2.24) is 5.17 Å². The van der Waals surface area contributed by atoms with E-state index < -0.39 is 6.09 Å². The molecule has 6 heteroatoms. The fourth-order valence-corrected chi connectivity index (χ4v) is 2.03. The maximum absolute atomic E-state index is 11.5. The van der Waals surface area contributed by atoms with Crippen molar-refractivity contribution in [2.24, 2.45) is 0 Å². The zero-order valence-electron chi connectivity index (χ0n) is 12.7. The molecule has 0 unspecified atom stereocenters. The first-order valence-electron chi connectivity index (χ1n) is 6.98. The van der Waals surface area contributed by atoms with Gasteiger partial charge in [0.05, 0.1) is 12.3 Å². The summed E-state index contributed by atoms with van der Waals surface area (Å²) >= 11 is 0. The Hall–Kier alpha value is -2.08. The van der Waals surface area contributed by atoms with Crippen molar-refractivity contribution >= 4 is 18.2 Å². The predicted molar refractivity (Wildman–Crippen MR) is 79.8 cm³/mol. The van der Waals surface area contributed by atoms with E-state index in [0.717, 1.165) is 40.6 Å². The molecule has 116 valence electrons. The van der Waals surface area contributed by atoms with E-state index in [1.165, 1.54) is 0 Å². The highest BCUT2D eigenvalue weighted by Crippen LogP contribution is 2.20. The van der Waals surface area contributed by atoms with Crippen LogP contribution in [0.2, 0.25) is 0 Å². The number of hydroxylamine groups is 1. The predicted octanol–water partition coefficient (Wildman–Crippen LogP) is 3.28. The van der Waals surface area contributed by atoms with Crippen LogP contribution in [-0.2, 0) is 9.63 Å². The first kappa shape index (κ1) is 17.0. The average Bonchev–Trinajstić information content (AvgIpc) is 2.40. The fraction of sp³-hybridized carbons (Fsp3) is 0.467. The molecule has 6 nitrogen and oxygen atoms in total. The number of carbonyl (C=O) groups excluding carboxylic acids is 1. The number of nitrogens with zero attached hydrogens (tertiary/aromatic N) is 2. The van der Waals surface area contributed by atoms with Gasteiger partial charge in [-0.05, 0) is 43.5 Å². The summed E-state index contributed by atoms with van der Waals surface area (Å²) in [6.45, 7) is 6.07. The van der Waals surface area contributed by atoms with E-state index in [0.29, 0.717) is 18.7 Å². The highest BCUT2D eigenvalue weighted by molar-refractivity contribution is 5.87. The number of carboxylic acid groups (broad SMARTS) is 1. The highest BCUT2D eigenvalue weighted by atomic mass is 16.7. The molecule has 21 heavy (non-hydrogen) atoms. The molecule has 0 spiro atoms. The number of hydrogen-bond donors (Lipinski definition) is 1. The monoisotopic (exact) mass is 294 g/mol. The molecule has 1 rings (SSSR count). The Bertz CT molecular complexity index is 470. The van der Waals surface area contributed by atoms with Gasteiger partial charge in [0, 0.05) is 0 Å². The average molecular weight is 294 g/mol. The van der Waals surface area contributed by atoms with Gasteiger partial charge in [-0.1, -0.05) is 25.8 Å². The summed E-state index contributed by atoms with van der Waals surface area (Å²) in [6, 6.07) is 5.30. The Morgan fingerprint density at radius 1 is 1.24 bits per heavy atom. The van der Waals surface area contributed by atoms with Crippen molar-refractivity contribution in [3.05, 3.63) is 29.3 Å². The number of hydrogen-bond acceptors (Lipinski definition) is 3. The lowest BCUT2D eigenvalue weighted by atomic mass is 10.1. The van der Waals surface area contributed by atoms with Crippen LogP contribution in [0.15, 0.2) is 18.2 Å². The third-order valence-corrected chi connectivity index (χ3v) is 2.89. The van der Waals surface area contributed by atoms with E-state index in [-0.39, 0.29) is 0 Å². The van der Waals surface area contributed by atoms with Crippen molar-refractivity contribution in [2.45, 2.75) is 40.0 Å². The molecule has 1 aromatic carbocycles. The van der Waals surface area contributed by atoms with Gasteiger partial charge in [0.15, 0.2) is 0 Å². The van der Waals surface area contributed by atoms with E-state index in [2.05, 4.69) is 6.92 Å². The van der Waals surface area contributed by atoms with Crippen LogP contribution in [0.5, 0.6) is 0 Å². The molecular weight excluding hydrogens is 272 g/mol. The number of aryl methyl sites for hydroxylation is 2. The van der Waals surface area contributed by atoms with Gasteiger partial charge in [0.25, 0.3) is 6.41 Å². The number of benzene rings is 1. The third kappa shape index (κ3) is 5.07. The Labute approximate surface area is 124 Å². The minimum Gasteiger partial charge on any atom is -0.463 e. The molecular formula is C15H22N2O4. The smallest absolute Gasteiger partial charge is 0.433 e. The molecule has 0 heterocycles. The van der Waals surface area contributed by atoms with Crippen molar-refractivity contribution in [3.8, 4) is 0 Å². The standard InChI is InChI=1S/C15H22N2O4/c1-4-5-6-7-21-16(11-18)17(15(19)20)14-9-12(2)8-13(3)10-14/h8-11H,4-7H2,1-3H3,(H,19,20). The summed E-state index contributed by atoms with van der Waals surface area (Å²) in [7, 11) is 0. The third-order valence-electron chi connectivity index (χ3n) is 2.89. The lowest BCUT2D eigenvalue weighted by Crippen LogP contribution is -2.45. The molecule has 0 aliphatic rings. The van der Waals surface area contributed by atoms with E-state index >= 15 is 0 Å². The van der Waals surface area contributed by atoms with Crippen LogP contribution in [-0.4, -0.2) is 29.4 Å². The Kier molecular flexibility index (Phi) is 6.68. The van der Waals surface area contributed by atoms with Crippen molar-refractivity contribution < 1.29 is 19.5 Å². The summed E-state index contributed by atoms with van der Waals surface area (Å²) in [5.74, 6) is 0. The van der Waals surface area contributed by atoms with E-state index in [1.54, 1.807) is 12.1 Å². The van der Waals surface area contributed by atoms with E-state index in [1.807, 2.05) is 19.9 Å². The Morgan fingerprint density at radius 2 is 1.86 bits per heavy atom. The number of unbranched alkanes of at least 4 members (excludes halogenated alkanes) is 2. The zero-order chi connectivity index (χ0) is 15.8. The zero-order valence-corrected chi connectivity index (χ0v) is 12.7. The maximum atomic E-state index is 11.5. The van der Waals surface area contributed by atoms with Gasteiger partial charge in [-0.15, -0.1) is 5.17 Å². The SMILES string of the molecule is CCCCCON(C=O)N(C(=O)O)c1cc(C)cc(C)c1. The summed E-state index contributed by atoms with van der Waals surface area (Å²) in [5.41, 5.74) is 2.20. The molecule has 0 radical (unpaired) electrons. The summed E-state index contributed by atoms with van der Waals surface area (Å²) in [4.78, 5) is 27.9. The number of carbonyl (C=O) groups is 2. The quantitative estimate of drug-likeness (QED) is 0.454. The molecule has 0 aliphatic carbocycles. The molecule has 0 atom stereocenters. The second-order valence-electron chi connectivity index (χ2n) is 4.89. The molecule has 1 aromatic rings. The number of amides is 2. The van der Waals surface area contributed by atoms with Crippen LogP contribution in [0.1, 0.15) is 37.3 Å². The van der Waals surface area contributed by atoms with E-state index in [4.69, 9.17) is 4.84 Å². The van der Waals surface area contributed by atoms with Crippen LogP contribution in [0.3, 0.4) is 0 Å².